The summed E-state index contributed by atoms with van der Waals surface area (Å²) in [5.41, 5.74) is 5.26. The Morgan fingerprint density at radius 3 is 2.42 bits per heavy atom. The van der Waals surface area contributed by atoms with E-state index in [1.165, 1.54) is 49.2 Å². The van der Waals surface area contributed by atoms with Gasteiger partial charge in [-0.25, -0.2) is 0 Å². The summed E-state index contributed by atoms with van der Waals surface area (Å²) in [6, 6.07) is 9.24. The highest BCUT2D eigenvalue weighted by Gasteiger charge is 2.27. The van der Waals surface area contributed by atoms with E-state index < -0.39 is 0 Å². The minimum absolute atomic E-state index is 0.540. The number of piperidine rings is 1. The van der Waals surface area contributed by atoms with Crippen LogP contribution >= 0.6 is 0 Å². The Balaban J connectivity index is 1.70. The van der Waals surface area contributed by atoms with E-state index >= 15 is 0 Å². The number of ether oxygens (including phenoxy) is 1. The van der Waals surface area contributed by atoms with Crippen molar-refractivity contribution >= 4 is 0 Å². The summed E-state index contributed by atoms with van der Waals surface area (Å²) in [5, 5.41) is 7.02. The third-order valence-electron chi connectivity index (χ3n) is 5.92. The maximum Gasteiger partial charge on any atom is 0.163 e. The average molecular weight is 359 g/mol. The Morgan fingerprint density at radius 1 is 1.15 bits per heavy atom. The number of aromatic nitrogens is 2. The molecule has 0 saturated carbocycles. The van der Waals surface area contributed by atoms with Crippen molar-refractivity contribution in [2.45, 2.75) is 45.7 Å². The van der Waals surface area contributed by atoms with Gasteiger partial charge in [-0.2, -0.15) is 5.10 Å². The maximum absolute atomic E-state index is 5.34. The minimum atomic E-state index is 0.540. The second kappa shape index (κ2) is 8.69. The van der Waals surface area contributed by atoms with E-state index in [1.54, 1.807) is 12.0 Å². The number of likely N-dealkylation sites (tertiary alicyclic amines) is 1. The standard InChI is InChI=1S/C21H32N4O/c1-16-20(17(2)24(3)23-16)14-22-15-21(25-12-6-5-7-13-25)18-8-10-19(26-4)11-9-18/h8-11,21-22H,5-7,12-15H2,1-4H3/p+2/t21-/m1/s1. The predicted octanol–water partition coefficient (Wildman–Crippen LogP) is 0.919. The highest BCUT2D eigenvalue weighted by atomic mass is 16.5. The molecule has 0 unspecified atom stereocenters. The molecule has 3 rings (SSSR count). The van der Waals surface area contributed by atoms with E-state index in [0.29, 0.717) is 6.04 Å². The van der Waals surface area contributed by atoms with Crippen LogP contribution in [0.1, 0.15) is 47.8 Å². The second-order valence-electron chi connectivity index (χ2n) is 7.55. The molecular weight excluding hydrogens is 324 g/mol. The van der Waals surface area contributed by atoms with Crippen molar-refractivity contribution in [3.8, 4) is 5.75 Å². The molecule has 0 radical (unpaired) electrons. The number of hydrogen-bond donors (Lipinski definition) is 2. The molecule has 2 heterocycles. The number of hydrogen-bond acceptors (Lipinski definition) is 2. The Morgan fingerprint density at radius 2 is 1.85 bits per heavy atom. The van der Waals surface area contributed by atoms with Gasteiger partial charge in [0.25, 0.3) is 0 Å². The van der Waals surface area contributed by atoms with Crippen LogP contribution in [0.15, 0.2) is 24.3 Å². The van der Waals surface area contributed by atoms with Gasteiger partial charge in [0.05, 0.1) is 25.9 Å². The van der Waals surface area contributed by atoms with Crippen LogP contribution in [0.4, 0.5) is 0 Å². The lowest BCUT2D eigenvalue weighted by atomic mass is 10.0. The van der Waals surface area contributed by atoms with E-state index in [-0.39, 0.29) is 0 Å². The molecule has 26 heavy (non-hydrogen) atoms. The predicted molar refractivity (Wildman–Crippen MR) is 103 cm³/mol. The zero-order valence-corrected chi connectivity index (χ0v) is 16.7. The highest BCUT2D eigenvalue weighted by Crippen LogP contribution is 2.16. The molecule has 1 aliphatic heterocycles. The van der Waals surface area contributed by atoms with Crippen molar-refractivity contribution in [2.75, 3.05) is 26.7 Å². The van der Waals surface area contributed by atoms with E-state index in [4.69, 9.17) is 4.74 Å². The summed E-state index contributed by atoms with van der Waals surface area (Å²) in [4.78, 5) is 1.73. The Labute approximate surface area is 157 Å². The number of nitrogens with zero attached hydrogens (tertiary/aromatic N) is 2. The van der Waals surface area contributed by atoms with Crippen LogP contribution in [-0.2, 0) is 13.6 Å². The lowest BCUT2D eigenvalue weighted by molar-refractivity contribution is -0.950. The fraction of sp³-hybridized carbons (Fsp3) is 0.571. The smallest absolute Gasteiger partial charge is 0.163 e. The fourth-order valence-corrected chi connectivity index (χ4v) is 4.24. The Bertz CT molecular complexity index is 702. The highest BCUT2D eigenvalue weighted by molar-refractivity contribution is 5.28. The average Bonchev–Trinajstić information content (AvgIpc) is 2.92. The molecule has 2 aromatic rings. The third-order valence-corrected chi connectivity index (χ3v) is 5.92. The fourth-order valence-electron chi connectivity index (χ4n) is 4.24. The van der Waals surface area contributed by atoms with Crippen molar-refractivity contribution in [3.05, 3.63) is 46.8 Å². The van der Waals surface area contributed by atoms with Gasteiger partial charge >= 0.3 is 0 Å². The zero-order valence-electron chi connectivity index (χ0n) is 16.7. The third kappa shape index (κ3) is 4.27. The number of nitrogens with one attached hydrogen (secondary N) is 1. The van der Waals surface area contributed by atoms with Gasteiger partial charge in [0, 0.05) is 23.9 Å². The van der Waals surface area contributed by atoms with E-state index in [0.717, 1.165) is 24.5 Å². The molecule has 1 saturated heterocycles. The molecule has 0 spiro atoms. The first-order chi connectivity index (χ1) is 12.6. The molecular formula is C21H34N4O+2. The largest absolute Gasteiger partial charge is 0.497 e. The van der Waals surface area contributed by atoms with E-state index in [1.807, 2.05) is 11.7 Å². The Hall–Kier alpha value is -1.85. The summed E-state index contributed by atoms with van der Waals surface area (Å²) < 4.78 is 7.33. The van der Waals surface area contributed by atoms with Gasteiger partial charge in [-0.15, -0.1) is 0 Å². The summed E-state index contributed by atoms with van der Waals surface area (Å²) in [6.07, 6.45) is 4.09. The number of methoxy groups -OCH3 is 1. The quantitative estimate of drug-likeness (QED) is 0.773. The molecule has 1 fully saturated rings. The summed E-state index contributed by atoms with van der Waals surface area (Å²) in [5.74, 6) is 0.937. The van der Waals surface area contributed by atoms with Crippen molar-refractivity contribution in [2.24, 2.45) is 7.05 Å². The van der Waals surface area contributed by atoms with Gasteiger partial charge in [0.15, 0.2) is 6.04 Å². The maximum atomic E-state index is 5.34. The molecule has 0 amide bonds. The van der Waals surface area contributed by atoms with Gasteiger partial charge < -0.3 is 15.0 Å². The van der Waals surface area contributed by atoms with Crippen molar-refractivity contribution in [1.82, 2.24) is 9.78 Å². The molecule has 142 valence electrons. The normalized spacial score (nSPS) is 16.6. The van der Waals surface area contributed by atoms with E-state index in [9.17, 15) is 0 Å². The molecule has 1 aliphatic rings. The number of rotatable bonds is 7. The second-order valence-corrected chi connectivity index (χ2v) is 7.55. The van der Waals surface area contributed by atoms with Gasteiger partial charge in [-0.05, 0) is 57.4 Å². The zero-order chi connectivity index (χ0) is 18.5. The first-order valence-corrected chi connectivity index (χ1v) is 9.89. The first kappa shape index (κ1) is 18.9. The van der Waals surface area contributed by atoms with Gasteiger partial charge in [0.2, 0.25) is 0 Å². The van der Waals surface area contributed by atoms with Gasteiger partial charge in [-0.1, -0.05) is 0 Å². The molecule has 0 bridgehead atoms. The van der Waals surface area contributed by atoms with Crippen LogP contribution < -0.4 is 15.0 Å². The van der Waals surface area contributed by atoms with Gasteiger partial charge in [0.1, 0.15) is 18.8 Å². The van der Waals surface area contributed by atoms with Crippen LogP contribution in [0.25, 0.3) is 0 Å². The Kier molecular flexibility index (Phi) is 6.33. The van der Waals surface area contributed by atoms with Crippen LogP contribution in [0.2, 0.25) is 0 Å². The van der Waals surface area contributed by atoms with Crippen LogP contribution in [0.3, 0.4) is 0 Å². The molecule has 5 heteroatoms. The SMILES string of the molecule is COc1ccc([C@@H](C[NH2+]Cc2c(C)nn(C)c2C)[NH+]2CCCCC2)cc1. The number of benzene rings is 1. The topological polar surface area (TPSA) is 48.1 Å². The van der Waals surface area contributed by atoms with Crippen molar-refractivity contribution in [3.63, 3.8) is 0 Å². The van der Waals surface area contributed by atoms with Crippen molar-refractivity contribution < 1.29 is 15.0 Å². The summed E-state index contributed by atoms with van der Waals surface area (Å²) in [6.45, 7) is 8.97. The monoisotopic (exact) mass is 358 g/mol. The molecule has 1 atom stereocenters. The van der Waals surface area contributed by atoms with Gasteiger partial charge in [-0.3, -0.25) is 4.68 Å². The summed E-state index contributed by atoms with van der Waals surface area (Å²) in [7, 11) is 3.76. The number of aryl methyl sites for hydroxylation is 2. The van der Waals surface area contributed by atoms with E-state index in [2.05, 4.69) is 48.5 Å². The molecule has 1 aromatic carbocycles. The first-order valence-electron chi connectivity index (χ1n) is 9.89. The lowest BCUT2D eigenvalue weighted by Crippen LogP contribution is -3.15. The molecule has 5 nitrogen and oxygen atoms in total. The van der Waals surface area contributed by atoms with Crippen LogP contribution in [-0.4, -0.2) is 36.5 Å². The van der Waals surface area contributed by atoms with Crippen LogP contribution in [0.5, 0.6) is 5.75 Å². The number of nitrogens with two attached hydrogens (primary N) is 1. The molecule has 3 N–H and O–H groups in total. The number of quaternary nitrogens is 2. The van der Waals surface area contributed by atoms with Crippen LogP contribution in [0, 0.1) is 13.8 Å². The summed E-state index contributed by atoms with van der Waals surface area (Å²) >= 11 is 0. The lowest BCUT2D eigenvalue weighted by Gasteiger charge is -2.31. The molecule has 0 aliphatic carbocycles. The van der Waals surface area contributed by atoms with Crippen molar-refractivity contribution in [1.29, 1.82) is 0 Å². The molecule has 1 aromatic heterocycles. The minimum Gasteiger partial charge on any atom is -0.497 e.